The molecule has 0 atom stereocenters. The summed E-state index contributed by atoms with van der Waals surface area (Å²) < 4.78 is 1.55. The van der Waals surface area contributed by atoms with Crippen molar-refractivity contribution in [3.63, 3.8) is 0 Å². The van der Waals surface area contributed by atoms with Gasteiger partial charge in [-0.25, -0.2) is 9.66 Å². The summed E-state index contributed by atoms with van der Waals surface area (Å²) in [6.07, 6.45) is 7.31. The number of benzene rings is 1. The molecule has 22 heavy (non-hydrogen) atoms. The van der Waals surface area contributed by atoms with Gasteiger partial charge in [0.05, 0.1) is 23.1 Å². The average molecular weight is 318 g/mol. The number of rotatable bonds is 3. The Morgan fingerprint density at radius 1 is 1.27 bits per heavy atom. The van der Waals surface area contributed by atoms with E-state index in [-0.39, 0.29) is 0 Å². The molecule has 2 N–H and O–H groups in total. The van der Waals surface area contributed by atoms with Crippen molar-refractivity contribution in [3.8, 4) is 0 Å². The molecular formula is C16H20ClN5. The number of piperidine rings is 1. The molecule has 2 aromatic rings. The summed E-state index contributed by atoms with van der Waals surface area (Å²) in [5.74, 6) is 0.370. The fourth-order valence-electron chi connectivity index (χ4n) is 2.69. The predicted molar refractivity (Wildman–Crippen MR) is 91.9 cm³/mol. The molecule has 0 aliphatic carbocycles. The van der Waals surface area contributed by atoms with Gasteiger partial charge < -0.3 is 10.6 Å². The van der Waals surface area contributed by atoms with Gasteiger partial charge in [0.15, 0.2) is 0 Å². The first kappa shape index (κ1) is 14.9. The lowest BCUT2D eigenvalue weighted by Crippen LogP contribution is -2.29. The average Bonchev–Trinajstić information content (AvgIpc) is 2.85. The summed E-state index contributed by atoms with van der Waals surface area (Å²) in [6, 6.07) is 6.10. The normalized spacial score (nSPS) is 15.6. The minimum absolute atomic E-state index is 0.370. The van der Waals surface area contributed by atoms with Crippen LogP contribution in [0, 0.1) is 6.92 Å². The highest BCUT2D eigenvalue weighted by atomic mass is 35.5. The van der Waals surface area contributed by atoms with E-state index >= 15 is 0 Å². The van der Waals surface area contributed by atoms with Crippen LogP contribution in [0.3, 0.4) is 0 Å². The van der Waals surface area contributed by atoms with E-state index in [4.69, 9.17) is 17.3 Å². The molecule has 1 aromatic carbocycles. The molecule has 0 bridgehead atoms. The van der Waals surface area contributed by atoms with E-state index in [1.165, 1.54) is 24.9 Å². The Balaban J connectivity index is 1.78. The van der Waals surface area contributed by atoms with Crippen molar-refractivity contribution in [1.29, 1.82) is 0 Å². The van der Waals surface area contributed by atoms with Gasteiger partial charge in [-0.15, -0.1) is 0 Å². The minimum atomic E-state index is 0.370. The van der Waals surface area contributed by atoms with Crippen LogP contribution in [-0.4, -0.2) is 29.0 Å². The van der Waals surface area contributed by atoms with Crippen LogP contribution in [0.25, 0.3) is 0 Å². The first-order valence-electron chi connectivity index (χ1n) is 7.54. The number of hydrogen-bond acceptors (Lipinski definition) is 4. The van der Waals surface area contributed by atoms with Gasteiger partial charge in [-0.3, -0.25) is 0 Å². The molecule has 0 amide bonds. The fraction of sp³-hybridized carbons (Fsp3) is 0.375. The molecule has 0 saturated carbocycles. The topological polar surface area (TPSA) is 59.4 Å². The van der Waals surface area contributed by atoms with Gasteiger partial charge in [0.2, 0.25) is 5.95 Å². The first-order valence-corrected chi connectivity index (χ1v) is 7.91. The lowest BCUT2D eigenvalue weighted by atomic mass is 10.1. The zero-order valence-corrected chi connectivity index (χ0v) is 13.4. The number of hydrogen-bond donors (Lipinski definition) is 1. The number of aryl methyl sites for hydroxylation is 1. The molecule has 0 radical (unpaired) electrons. The molecule has 116 valence electrons. The molecule has 0 spiro atoms. The third-order valence-corrected chi connectivity index (χ3v) is 4.19. The number of imidazole rings is 1. The Labute approximate surface area is 135 Å². The van der Waals surface area contributed by atoms with Crippen LogP contribution in [0.5, 0.6) is 0 Å². The van der Waals surface area contributed by atoms with Gasteiger partial charge in [0.1, 0.15) is 0 Å². The van der Waals surface area contributed by atoms with Crippen molar-refractivity contribution in [3.05, 3.63) is 40.7 Å². The predicted octanol–water partition coefficient (Wildman–Crippen LogP) is 3.30. The van der Waals surface area contributed by atoms with E-state index in [2.05, 4.69) is 21.1 Å². The summed E-state index contributed by atoms with van der Waals surface area (Å²) in [6.45, 7) is 4.09. The zero-order valence-electron chi connectivity index (χ0n) is 12.7. The summed E-state index contributed by atoms with van der Waals surface area (Å²) in [5, 5.41) is 5.00. The van der Waals surface area contributed by atoms with E-state index in [1.807, 2.05) is 19.1 Å². The van der Waals surface area contributed by atoms with Crippen molar-refractivity contribution in [2.75, 3.05) is 23.7 Å². The van der Waals surface area contributed by atoms with Crippen molar-refractivity contribution in [2.45, 2.75) is 26.2 Å². The minimum Gasteiger partial charge on any atom is -0.371 e. The van der Waals surface area contributed by atoms with Crippen LogP contribution in [0.4, 0.5) is 11.6 Å². The standard InChI is InChI=1S/C16H20ClN5/c1-12-11-22(16(18)20-12)19-10-13-5-6-14(9-15(13)17)21-7-3-2-4-8-21/h5-6,9-11H,2-4,7-8H2,1H3,(H2,18,20). The van der Waals surface area contributed by atoms with Crippen molar-refractivity contribution in [2.24, 2.45) is 5.10 Å². The van der Waals surface area contributed by atoms with Crippen LogP contribution in [-0.2, 0) is 0 Å². The second-order valence-electron chi connectivity index (χ2n) is 5.58. The molecular weight excluding hydrogens is 298 g/mol. The highest BCUT2D eigenvalue weighted by Crippen LogP contribution is 2.25. The smallest absolute Gasteiger partial charge is 0.221 e. The third-order valence-electron chi connectivity index (χ3n) is 3.86. The maximum Gasteiger partial charge on any atom is 0.221 e. The number of nitrogens with two attached hydrogens (primary N) is 1. The van der Waals surface area contributed by atoms with Gasteiger partial charge in [-0.1, -0.05) is 11.6 Å². The highest BCUT2D eigenvalue weighted by molar-refractivity contribution is 6.33. The van der Waals surface area contributed by atoms with Crippen LogP contribution in [0.15, 0.2) is 29.5 Å². The largest absolute Gasteiger partial charge is 0.371 e. The van der Waals surface area contributed by atoms with Gasteiger partial charge in [0, 0.05) is 24.3 Å². The van der Waals surface area contributed by atoms with Gasteiger partial charge in [0.25, 0.3) is 0 Å². The number of aromatic nitrogens is 2. The first-order chi connectivity index (χ1) is 10.6. The zero-order chi connectivity index (χ0) is 15.5. The summed E-state index contributed by atoms with van der Waals surface area (Å²) in [5.41, 5.74) is 8.65. The molecule has 1 aromatic heterocycles. The van der Waals surface area contributed by atoms with E-state index in [9.17, 15) is 0 Å². The lowest BCUT2D eigenvalue weighted by molar-refractivity contribution is 0.578. The van der Waals surface area contributed by atoms with Crippen LogP contribution < -0.4 is 10.6 Å². The van der Waals surface area contributed by atoms with E-state index in [0.717, 1.165) is 24.3 Å². The number of anilines is 2. The maximum absolute atomic E-state index is 6.39. The van der Waals surface area contributed by atoms with Gasteiger partial charge in [-0.05, 0) is 44.4 Å². The molecule has 1 fully saturated rings. The van der Waals surface area contributed by atoms with E-state index in [0.29, 0.717) is 11.0 Å². The number of halogens is 1. The Bertz CT molecular complexity index is 686. The summed E-state index contributed by atoms with van der Waals surface area (Å²) >= 11 is 6.39. The van der Waals surface area contributed by atoms with Crippen LogP contribution in [0.2, 0.25) is 5.02 Å². The summed E-state index contributed by atoms with van der Waals surface area (Å²) in [7, 11) is 0. The molecule has 5 nitrogen and oxygen atoms in total. The SMILES string of the molecule is Cc1cn(N=Cc2ccc(N3CCCCC3)cc2Cl)c(N)n1. The quantitative estimate of drug-likeness (QED) is 0.884. The number of nitrogens with zero attached hydrogens (tertiary/aromatic N) is 4. The van der Waals surface area contributed by atoms with Crippen molar-refractivity contribution in [1.82, 2.24) is 9.66 Å². The Kier molecular flexibility index (Phi) is 4.34. The molecule has 1 aliphatic rings. The molecule has 0 unspecified atom stereocenters. The van der Waals surface area contributed by atoms with Crippen molar-refractivity contribution >= 4 is 29.5 Å². The highest BCUT2D eigenvalue weighted by Gasteiger charge is 2.12. The molecule has 1 saturated heterocycles. The molecule has 1 aliphatic heterocycles. The third kappa shape index (κ3) is 3.25. The lowest BCUT2D eigenvalue weighted by Gasteiger charge is -2.29. The molecule has 2 heterocycles. The Morgan fingerprint density at radius 2 is 2.05 bits per heavy atom. The van der Waals surface area contributed by atoms with Gasteiger partial charge in [-0.2, -0.15) is 5.10 Å². The fourth-order valence-corrected chi connectivity index (χ4v) is 2.91. The second-order valence-corrected chi connectivity index (χ2v) is 5.99. The van der Waals surface area contributed by atoms with Crippen molar-refractivity contribution < 1.29 is 0 Å². The second kappa shape index (κ2) is 6.40. The Morgan fingerprint density at radius 3 is 2.68 bits per heavy atom. The van der Waals surface area contributed by atoms with E-state index < -0.39 is 0 Å². The van der Waals surface area contributed by atoms with Crippen LogP contribution >= 0.6 is 11.6 Å². The summed E-state index contributed by atoms with van der Waals surface area (Å²) in [4.78, 5) is 6.49. The monoisotopic (exact) mass is 317 g/mol. The van der Waals surface area contributed by atoms with Gasteiger partial charge >= 0.3 is 0 Å². The van der Waals surface area contributed by atoms with E-state index in [1.54, 1.807) is 17.1 Å². The molecule has 3 rings (SSSR count). The van der Waals surface area contributed by atoms with Crippen LogP contribution in [0.1, 0.15) is 30.5 Å². The Hall–Kier alpha value is -2.01. The molecule has 6 heteroatoms. The maximum atomic E-state index is 6.39. The number of nitrogen functional groups attached to an aromatic ring is 1.